The second-order valence-electron chi connectivity index (χ2n) is 6.25. The van der Waals surface area contributed by atoms with Crippen LogP contribution in [0.1, 0.15) is 20.3 Å². The van der Waals surface area contributed by atoms with Crippen molar-refractivity contribution < 1.29 is 13.2 Å². The van der Waals surface area contributed by atoms with Gasteiger partial charge >= 0.3 is 0 Å². The lowest BCUT2D eigenvalue weighted by Crippen LogP contribution is -2.29. The number of H-pyrrole nitrogens is 1. The monoisotopic (exact) mass is 439 g/mol. The first-order valence-corrected chi connectivity index (χ1v) is 10.8. The zero-order chi connectivity index (χ0) is 20.5. The molecule has 1 amide bonds. The summed E-state index contributed by atoms with van der Waals surface area (Å²) < 4.78 is 28.2. The molecular formula is C19H19Cl2N3O3S. The van der Waals surface area contributed by atoms with Crippen LogP contribution in [0.15, 0.2) is 47.5 Å². The Hall–Kier alpha value is -2.22. The first-order valence-electron chi connectivity index (χ1n) is 8.60. The fraction of sp³-hybridized carbons (Fsp3) is 0.211. The Morgan fingerprint density at radius 2 is 1.79 bits per heavy atom. The summed E-state index contributed by atoms with van der Waals surface area (Å²) in [7, 11) is -3.84. The first kappa shape index (κ1) is 20.5. The van der Waals surface area contributed by atoms with Gasteiger partial charge < -0.3 is 9.88 Å². The van der Waals surface area contributed by atoms with Crippen LogP contribution in [0.3, 0.4) is 0 Å². The van der Waals surface area contributed by atoms with E-state index in [2.05, 4.69) is 9.71 Å². The zero-order valence-electron chi connectivity index (χ0n) is 15.3. The largest absolute Gasteiger partial charge is 0.358 e. The standard InChI is InChI=1S/C19H19Cl2N3O3S/c1-3-10-24(12(2)25)13-4-6-14(7-5-13)28(26,27)23-17-9-8-15(20)18-16(21)11-22-19(17)18/h4-9,11,22-23H,3,10H2,1-2H3. The van der Waals surface area contributed by atoms with E-state index < -0.39 is 10.0 Å². The molecule has 0 unspecified atom stereocenters. The highest BCUT2D eigenvalue weighted by Crippen LogP contribution is 2.35. The normalized spacial score (nSPS) is 11.6. The summed E-state index contributed by atoms with van der Waals surface area (Å²) in [5, 5.41) is 1.38. The molecule has 0 radical (unpaired) electrons. The molecular weight excluding hydrogens is 421 g/mol. The number of benzene rings is 2. The number of anilines is 2. The molecule has 6 nitrogen and oxygen atoms in total. The van der Waals surface area contributed by atoms with Gasteiger partial charge in [0.1, 0.15) is 0 Å². The molecule has 3 aromatic rings. The van der Waals surface area contributed by atoms with Crippen LogP contribution in [0, 0.1) is 0 Å². The van der Waals surface area contributed by atoms with Gasteiger partial charge in [-0.15, -0.1) is 0 Å². The predicted octanol–water partition coefficient (Wildman–Crippen LogP) is 5.04. The molecule has 2 aromatic carbocycles. The number of sulfonamides is 1. The molecule has 2 N–H and O–H groups in total. The van der Waals surface area contributed by atoms with Crippen LogP contribution >= 0.6 is 23.2 Å². The summed E-state index contributed by atoms with van der Waals surface area (Å²) in [6, 6.07) is 9.33. The van der Waals surface area contributed by atoms with Crippen molar-refractivity contribution in [3.8, 4) is 0 Å². The number of rotatable bonds is 6. The molecule has 0 fully saturated rings. The molecule has 3 rings (SSSR count). The lowest BCUT2D eigenvalue weighted by Gasteiger charge is -2.20. The number of aromatic nitrogens is 1. The van der Waals surface area contributed by atoms with E-state index in [0.717, 1.165) is 6.42 Å². The average Bonchev–Trinajstić information content (AvgIpc) is 3.05. The van der Waals surface area contributed by atoms with Crippen molar-refractivity contribution in [3.05, 3.63) is 52.6 Å². The molecule has 1 aromatic heterocycles. The van der Waals surface area contributed by atoms with Crippen molar-refractivity contribution >= 4 is 61.4 Å². The Morgan fingerprint density at radius 3 is 2.39 bits per heavy atom. The number of halogens is 2. The van der Waals surface area contributed by atoms with Crippen LogP contribution < -0.4 is 9.62 Å². The number of nitrogens with one attached hydrogen (secondary N) is 2. The maximum atomic E-state index is 12.8. The molecule has 0 spiro atoms. The van der Waals surface area contributed by atoms with E-state index in [1.807, 2.05) is 6.92 Å². The third-order valence-electron chi connectivity index (χ3n) is 4.27. The van der Waals surface area contributed by atoms with Crippen molar-refractivity contribution in [1.29, 1.82) is 0 Å². The van der Waals surface area contributed by atoms with Gasteiger partial charge in [-0.2, -0.15) is 0 Å². The topological polar surface area (TPSA) is 82.3 Å². The highest BCUT2D eigenvalue weighted by Gasteiger charge is 2.19. The maximum Gasteiger partial charge on any atom is 0.261 e. The van der Waals surface area contributed by atoms with Gasteiger partial charge in [-0.25, -0.2) is 8.42 Å². The van der Waals surface area contributed by atoms with E-state index in [4.69, 9.17) is 23.2 Å². The SMILES string of the molecule is CCCN(C(C)=O)c1ccc(S(=O)(=O)Nc2ccc(Cl)c3c(Cl)c[nH]c23)cc1. The minimum Gasteiger partial charge on any atom is -0.358 e. The second kappa shape index (κ2) is 8.03. The fourth-order valence-corrected chi connectivity index (χ4v) is 4.58. The number of carbonyl (C=O) groups is 1. The van der Waals surface area contributed by atoms with Crippen LogP contribution in [0.4, 0.5) is 11.4 Å². The van der Waals surface area contributed by atoms with Gasteiger partial charge in [-0.3, -0.25) is 9.52 Å². The fourth-order valence-electron chi connectivity index (χ4n) is 2.95. The van der Waals surface area contributed by atoms with Crippen molar-refractivity contribution in [2.75, 3.05) is 16.2 Å². The highest BCUT2D eigenvalue weighted by atomic mass is 35.5. The van der Waals surface area contributed by atoms with Gasteiger partial charge in [0.15, 0.2) is 0 Å². The number of aromatic amines is 1. The Labute approximate surface area is 173 Å². The Morgan fingerprint density at radius 1 is 1.11 bits per heavy atom. The van der Waals surface area contributed by atoms with Crippen LogP contribution in [-0.4, -0.2) is 25.9 Å². The molecule has 0 aliphatic heterocycles. The molecule has 0 atom stereocenters. The highest BCUT2D eigenvalue weighted by molar-refractivity contribution is 7.92. The summed E-state index contributed by atoms with van der Waals surface area (Å²) in [5.74, 6) is -0.0947. The Balaban J connectivity index is 1.92. The molecule has 1 heterocycles. The average molecular weight is 440 g/mol. The molecule has 9 heteroatoms. The van der Waals surface area contributed by atoms with Gasteiger partial charge in [0.25, 0.3) is 10.0 Å². The van der Waals surface area contributed by atoms with Gasteiger partial charge in [-0.05, 0) is 42.8 Å². The summed E-state index contributed by atoms with van der Waals surface area (Å²) >= 11 is 12.3. The van der Waals surface area contributed by atoms with E-state index >= 15 is 0 Å². The van der Waals surface area contributed by atoms with E-state index in [1.54, 1.807) is 35.4 Å². The molecule has 0 saturated heterocycles. The zero-order valence-corrected chi connectivity index (χ0v) is 17.6. The quantitative estimate of drug-likeness (QED) is 0.564. The first-order chi connectivity index (χ1) is 13.2. The number of nitrogens with zero attached hydrogens (tertiary/aromatic N) is 1. The van der Waals surface area contributed by atoms with Crippen LogP contribution in [0.2, 0.25) is 10.0 Å². The number of hydrogen-bond donors (Lipinski definition) is 2. The second-order valence-corrected chi connectivity index (χ2v) is 8.75. The van der Waals surface area contributed by atoms with E-state index in [0.29, 0.717) is 38.9 Å². The van der Waals surface area contributed by atoms with Gasteiger partial charge in [-0.1, -0.05) is 30.1 Å². The van der Waals surface area contributed by atoms with E-state index in [1.165, 1.54) is 19.1 Å². The minimum absolute atomic E-state index is 0.0806. The van der Waals surface area contributed by atoms with Gasteiger partial charge in [0.2, 0.25) is 5.91 Å². The van der Waals surface area contributed by atoms with Crippen LogP contribution in [0.5, 0.6) is 0 Å². The van der Waals surface area contributed by atoms with Gasteiger partial charge in [0, 0.05) is 30.7 Å². The number of carbonyl (C=O) groups excluding carboxylic acids is 1. The lowest BCUT2D eigenvalue weighted by molar-refractivity contribution is -0.116. The summed E-state index contributed by atoms with van der Waals surface area (Å²) in [6.07, 6.45) is 2.35. The third kappa shape index (κ3) is 3.97. The molecule has 148 valence electrons. The number of hydrogen-bond acceptors (Lipinski definition) is 3. The number of fused-ring (bicyclic) bond motifs is 1. The smallest absolute Gasteiger partial charge is 0.261 e. The molecule has 0 aliphatic carbocycles. The minimum atomic E-state index is -3.84. The molecule has 0 saturated carbocycles. The van der Waals surface area contributed by atoms with E-state index in [-0.39, 0.29) is 10.8 Å². The lowest BCUT2D eigenvalue weighted by atomic mass is 10.2. The molecule has 0 bridgehead atoms. The van der Waals surface area contributed by atoms with Crippen LogP contribution in [0.25, 0.3) is 10.9 Å². The van der Waals surface area contributed by atoms with Crippen molar-refractivity contribution in [1.82, 2.24) is 4.98 Å². The summed E-state index contributed by atoms with van der Waals surface area (Å²) in [5.41, 5.74) is 1.49. The molecule has 0 aliphatic rings. The van der Waals surface area contributed by atoms with E-state index in [9.17, 15) is 13.2 Å². The van der Waals surface area contributed by atoms with Crippen molar-refractivity contribution in [3.63, 3.8) is 0 Å². The van der Waals surface area contributed by atoms with Crippen LogP contribution in [-0.2, 0) is 14.8 Å². The third-order valence-corrected chi connectivity index (χ3v) is 6.26. The maximum absolute atomic E-state index is 12.8. The predicted molar refractivity (Wildman–Crippen MR) is 114 cm³/mol. The molecule has 28 heavy (non-hydrogen) atoms. The Kier molecular flexibility index (Phi) is 5.88. The van der Waals surface area contributed by atoms with Crippen molar-refractivity contribution in [2.24, 2.45) is 0 Å². The Bertz CT molecular complexity index is 1130. The number of amides is 1. The summed E-state index contributed by atoms with van der Waals surface area (Å²) in [4.78, 5) is 16.4. The summed E-state index contributed by atoms with van der Waals surface area (Å²) in [6.45, 7) is 4.02. The van der Waals surface area contributed by atoms with Gasteiger partial charge in [0.05, 0.1) is 26.1 Å². The van der Waals surface area contributed by atoms with Crippen molar-refractivity contribution in [2.45, 2.75) is 25.2 Å².